The fourth-order valence-corrected chi connectivity index (χ4v) is 5.63. The molecule has 1 unspecified atom stereocenters. The second kappa shape index (κ2) is 9.02. The van der Waals surface area contributed by atoms with Crippen LogP contribution in [0.3, 0.4) is 0 Å². The molecular weight excluding hydrogens is 340 g/mol. The fourth-order valence-electron chi connectivity index (χ4n) is 3.20. The van der Waals surface area contributed by atoms with E-state index in [2.05, 4.69) is 17.4 Å². The fraction of sp³-hybridized carbons (Fsp3) is 0.611. The van der Waals surface area contributed by atoms with Crippen LogP contribution in [0.1, 0.15) is 12.0 Å². The molecule has 132 valence electrons. The molecule has 6 heteroatoms. The van der Waals surface area contributed by atoms with Gasteiger partial charge in [0.15, 0.2) is 0 Å². The van der Waals surface area contributed by atoms with Gasteiger partial charge in [-0.05, 0) is 24.1 Å². The molecule has 1 atom stereocenters. The molecule has 1 N–H and O–H groups in total. The zero-order valence-corrected chi connectivity index (χ0v) is 15.8. The van der Waals surface area contributed by atoms with Gasteiger partial charge in [0.05, 0.1) is 7.11 Å². The van der Waals surface area contributed by atoms with Crippen LogP contribution in [-0.2, 0) is 11.2 Å². The summed E-state index contributed by atoms with van der Waals surface area (Å²) in [5.41, 5.74) is 1.25. The number of rotatable bonds is 6. The summed E-state index contributed by atoms with van der Waals surface area (Å²) in [6.07, 6.45) is 1.55. The quantitative estimate of drug-likeness (QED) is 0.837. The van der Waals surface area contributed by atoms with E-state index in [0.717, 1.165) is 25.3 Å². The van der Waals surface area contributed by atoms with Gasteiger partial charge in [-0.25, -0.2) is 0 Å². The van der Waals surface area contributed by atoms with Crippen LogP contribution in [0.4, 0.5) is 0 Å². The lowest BCUT2D eigenvalue weighted by Gasteiger charge is -2.21. The van der Waals surface area contributed by atoms with Gasteiger partial charge in [0.1, 0.15) is 5.75 Å². The summed E-state index contributed by atoms with van der Waals surface area (Å²) >= 11 is 4.05. The molecule has 24 heavy (non-hydrogen) atoms. The molecule has 0 spiro atoms. The topological polar surface area (TPSA) is 41.6 Å². The molecule has 0 saturated carbocycles. The number of ether oxygens (including phenoxy) is 1. The van der Waals surface area contributed by atoms with Crippen molar-refractivity contribution in [3.05, 3.63) is 29.8 Å². The van der Waals surface area contributed by atoms with E-state index < -0.39 is 0 Å². The lowest BCUT2D eigenvalue weighted by atomic mass is 10.1. The number of methoxy groups -OCH3 is 1. The minimum absolute atomic E-state index is 0.287. The van der Waals surface area contributed by atoms with Crippen molar-refractivity contribution in [1.82, 2.24) is 10.2 Å². The Kier molecular flexibility index (Phi) is 6.75. The summed E-state index contributed by atoms with van der Waals surface area (Å²) in [7, 11) is 1.68. The molecule has 1 aromatic carbocycles. The zero-order valence-electron chi connectivity index (χ0n) is 14.2. The molecular formula is C18H26N2O2S2. The van der Waals surface area contributed by atoms with Crippen molar-refractivity contribution in [2.45, 2.75) is 24.9 Å². The predicted octanol–water partition coefficient (Wildman–Crippen LogP) is 2.28. The molecule has 0 aromatic heterocycles. The highest BCUT2D eigenvalue weighted by atomic mass is 32.2. The highest BCUT2D eigenvalue weighted by Crippen LogP contribution is 2.19. The predicted molar refractivity (Wildman–Crippen MR) is 103 cm³/mol. The Balaban J connectivity index is 1.45. The SMILES string of the molecule is COc1ccc(CCN2CC(NC3CSCCSC3)CC2=O)cc1. The van der Waals surface area contributed by atoms with Crippen LogP contribution < -0.4 is 10.1 Å². The highest BCUT2D eigenvalue weighted by molar-refractivity contribution is 8.03. The average Bonchev–Trinajstić information content (AvgIpc) is 2.78. The Hall–Kier alpha value is -0.850. The Morgan fingerprint density at radius 1 is 1.17 bits per heavy atom. The first-order chi connectivity index (χ1) is 11.7. The maximum absolute atomic E-state index is 12.3. The number of nitrogens with zero attached hydrogens (tertiary/aromatic N) is 1. The molecule has 2 saturated heterocycles. The van der Waals surface area contributed by atoms with Crippen molar-refractivity contribution in [2.75, 3.05) is 43.2 Å². The third kappa shape index (κ3) is 5.07. The summed E-state index contributed by atoms with van der Waals surface area (Å²) < 4.78 is 5.18. The number of benzene rings is 1. The van der Waals surface area contributed by atoms with Gasteiger partial charge in [-0.2, -0.15) is 23.5 Å². The smallest absolute Gasteiger partial charge is 0.224 e. The second-order valence-corrected chi connectivity index (χ2v) is 8.65. The standard InChI is InChI=1S/C18H26N2O2S2/c1-22-17-4-2-14(3-5-17)6-7-20-11-15(10-18(20)21)19-16-12-23-8-9-24-13-16/h2-5,15-16,19H,6-13H2,1H3. The van der Waals surface area contributed by atoms with Gasteiger partial charge >= 0.3 is 0 Å². The first-order valence-electron chi connectivity index (χ1n) is 8.57. The van der Waals surface area contributed by atoms with Gasteiger partial charge < -0.3 is 15.0 Å². The van der Waals surface area contributed by atoms with Crippen molar-refractivity contribution < 1.29 is 9.53 Å². The molecule has 2 fully saturated rings. The van der Waals surface area contributed by atoms with Gasteiger partial charge in [0.25, 0.3) is 0 Å². The Bertz CT molecular complexity index is 530. The van der Waals surface area contributed by atoms with Crippen LogP contribution in [0.5, 0.6) is 5.75 Å². The van der Waals surface area contributed by atoms with E-state index in [4.69, 9.17) is 4.74 Å². The first kappa shape index (κ1) is 18.0. The number of nitrogens with one attached hydrogen (secondary N) is 1. The number of amides is 1. The summed E-state index contributed by atoms with van der Waals surface area (Å²) in [4.78, 5) is 14.3. The molecule has 0 bridgehead atoms. The minimum atomic E-state index is 0.287. The minimum Gasteiger partial charge on any atom is -0.497 e. The van der Waals surface area contributed by atoms with Crippen molar-refractivity contribution in [3.8, 4) is 5.75 Å². The summed E-state index contributed by atoms with van der Waals surface area (Å²) in [5.74, 6) is 6.00. The van der Waals surface area contributed by atoms with Crippen molar-refractivity contribution in [2.24, 2.45) is 0 Å². The lowest BCUT2D eigenvalue weighted by molar-refractivity contribution is -0.127. The van der Waals surface area contributed by atoms with E-state index in [1.807, 2.05) is 40.6 Å². The maximum atomic E-state index is 12.3. The number of carbonyl (C=O) groups is 1. The number of hydrogen-bond acceptors (Lipinski definition) is 5. The van der Waals surface area contributed by atoms with Crippen LogP contribution in [0.25, 0.3) is 0 Å². The zero-order chi connectivity index (χ0) is 16.8. The van der Waals surface area contributed by atoms with Crippen LogP contribution in [-0.4, -0.2) is 66.1 Å². The van der Waals surface area contributed by atoms with Gasteiger partial charge in [-0.1, -0.05) is 12.1 Å². The third-order valence-electron chi connectivity index (χ3n) is 4.53. The van der Waals surface area contributed by atoms with Crippen LogP contribution in [0, 0.1) is 0 Å². The van der Waals surface area contributed by atoms with E-state index in [1.54, 1.807) is 7.11 Å². The summed E-state index contributed by atoms with van der Waals surface area (Å²) in [6.45, 7) is 1.65. The largest absolute Gasteiger partial charge is 0.497 e. The Labute approximate surface area is 153 Å². The second-order valence-electron chi connectivity index (χ2n) is 6.35. The summed E-state index contributed by atoms with van der Waals surface area (Å²) in [6, 6.07) is 8.98. The molecule has 0 radical (unpaired) electrons. The monoisotopic (exact) mass is 366 g/mol. The van der Waals surface area contributed by atoms with Crippen molar-refractivity contribution >= 4 is 29.4 Å². The van der Waals surface area contributed by atoms with E-state index in [1.165, 1.54) is 28.6 Å². The molecule has 1 aromatic rings. The van der Waals surface area contributed by atoms with Crippen LogP contribution >= 0.6 is 23.5 Å². The summed E-state index contributed by atoms with van der Waals surface area (Å²) in [5, 5.41) is 3.71. The van der Waals surface area contributed by atoms with Gasteiger partial charge in [-0.3, -0.25) is 4.79 Å². The number of hydrogen-bond donors (Lipinski definition) is 1. The maximum Gasteiger partial charge on any atom is 0.224 e. The van der Waals surface area contributed by atoms with Gasteiger partial charge in [0.2, 0.25) is 5.91 Å². The molecule has 2 aliphatic heterocycles. The molecule has 3 rings (SSSR count). The molecule has 2 heterocycles. The first-order valence-corrected chi connectivity index (χ1v) is 10.9. The molecule has 1 amide bonds. The van der Waals surface area contributed by atoms with Gasteiger partial charge in [0, 0.05) is 54.6 Å². The molecule has 4 nitrogen and oxygen atoms in total. The third-order valence-corrected chi connectivity index (χ3v) is 7.05. The molecule has 2 aliphatic rings. The van der Waals surface area contributed by atoms with E-state index in [-0.39, 0.29) is 5.91 Å². The Morgan fingerprint density at radius 3 is 2.54 bits per heavy atom. The Morgan fingerprint density at radius 2 is 1.88 bits per heavy atom. The van der Waals surface area contributed by atoms with Gasteiger partial charge in [-0.15, -0.1) is 0 Å². The number of likely N-dealkylation sites (tertiary alicyclic amines) is 1. The normalized spacial score (nSPS) is 22.6. The number of carbonyl (C=O) groups excluding carboxylic acids is 1. The highest BCUT2D eigenvalue weighted by Gasteiger charge is 2.30. The number of thioether (sulfide) groups is 2. The lowest BCUT2D eigenvalue weighted by Crippen LogP contribution is -2.42. The van der Waals surface area contributed by atoms with E-state index in [0.29, 0.717) is 18.5 Å². The van der Waals surface area contributed by atoms with E-state index in [9.17, 15) is 4.79 Å². The molecule has 0 aliphatic carbocycles. The average molecular weight is 367 g/mol. The van der Waals surface area contributed by atoms with Crippen molar-refractivity contribution in [3.63, 3.8) is 0 Å². The van der Waals surface area contributed by atoms with Crippen LogP contribution in [0.2, 0.25) is 0 Å². The van der Waals surface area contributed by atoms with Crippen molar-refractivity contribution in [1.29, 1.82) is 0 Å². The van der Waals surface area contributed by atoms with Crippen LogP contribution in [0.15, 0.2) is 24.3 Å². The van der Waals surface area contributed by atoms with E-state index >= 15 is 0 Å².